The van der Waals surface area contributed by atoms with Gasteiger partial charge >= 0.3 is 0 Å². The SMILES string of the molecule is C1=CN2C=Cc3ccccc3C2=CO1. The Morgan fingerprint density at radius 3 is 3.00 bits per heavy atom. The lowest BCUT2D eigenvalue weighted by molar-refractivity contribution is 0.375. The number of nitrogens with zero attached hydrogens (tertiary/aromatic N) is 1. The smallest absolute Gasteiger partial charge is 0.115 e. The first kappa shape index (κ1) is 7.44. The van der Waals surface area contributed by atoms with Crippen molar-refractivity contribution >= 4 is 11.8 Å². The van der Waals surface area contributed by atoms with Crippen molar-refractivity contribution in [3.63, 3.8) is 0 Å². The second kappa shape index (κ2) is 2.77. The first-order valence-electron chi connectivity index (χ1n) is 4.53. The van der Waals surface area contributed by atoms with Gasteiger partial charge in [0.05, 0.1) is 5.70 Å². The van der Waals surface area contributed by atoms with E-state index >= 15 is 0 Å². The molecule has 2 aliphatic rings. The Bertz CT molecular complexity index is 457. The topological polar surface area (TPSA) is 12.5 Å². The van der Waals surface area contributed by atoms with Crippen LogP contribution in [0.25, 0.3) is 11.8 Å². The molecule has 0 saturated carbocycles. The van der Waals surface area contributed by atoms with Gasteiger partial charge in [-0.05, 0) is 11.6 Å². The van der Waals surface area contributed by atoms with Crippen LogP contribution < -0.4 is 0 Å². The van der Waals surface area contributed by atoms with Crippen LogP contribution in [0.1, 0.15) is 11.1 Å². The Balaban J connectivity index is 2.20. The molecule has 3 rings (SSSR count). The van der Waals surface area contributed by atoms with Gasteiger partial charge in [-0.1, -0.05) is 24.3 Å². The largest absolute Gasteiger partial charge is 0.469 e. The minimum Gasteiger partial charge on any atom is -0.469 e. The van der Waals surface area contributed by atoms with Crippen molar-refractivity contribution in [3.8, 4) is 0 Å². The van der Waals surface area contributed by atoms with Gasteiger partial charge in [0.15, 0.2) is 0 Å². The summed E-state index contributed by atoms with van der Waals surface area (Å²) in [5.74, 6) is 0. The van der Waals surface area contributed by atoms with Crippen LogP contribution in [0.2, 0.25) is 0 Å². The van der Waals surface area contributed by atoms with E-state index in [4.69, 9.17) is 4.74 Å². The zero-order valence-corrected chi connectivity index (χ0v) is 7.55. The molecule has 0 fully saturated rings. The molecule has 0 bridgehead atoms. The third kappa shape index (κ3) is 0.973. The van der Waals surface area contributed by atoms with Gasteiger partial charge in [0, 0.05) is 18.0 Å². The fraction of sp³-hybridized carbons (Fsp3) is 0. The van der Waals surface area contributed by atoms with E-state index in [1.807, 2.05) is 29.4 Å². The van der Waals surface area contributed by atoms with Crippen molar-refractivity contribution in [2.24, 2.45) is 0 Å². The summed E-state index contributed by atoms with van der Waals surface area (Å²) in [5.41, 5.74) is 3.53. The summed E-state index contributed by atoms with van der Waals surface area (Å²) in [5, 5.41) is 0. The molecule has 0 aromatic heterocycles. The van der Waals surface area contributed by atoms with Crippen molar-refractivity contribution < 1.29 is 4.74 Å². The van der Waals surface area contributed by atoms with Gasteiger partial charge < -0.3 is 9.64 Å². The Hall–Kier alpha value is -1.96. The van der Waals surface area contributed by atoms with E-state index in [9.17, 15) is 0 Å². The van der Waals surface area contributed by atoms with E-state index in [0.29, 0.717) is 0 Å². The molecule has 2 heteroatoms. The second-order valence-corrected chi connectivity index (χ2v) is 3.23. The fourth-order valence-electron chi connectivity index (χ4n) is 1.71. The molecular formula is C12H9NO. The standard InChI is InChI=1S/C12H9NO/c1-2-4-11-10(3-1)5-6-13-7-8-14-9-12(11)13/h1-9H. The maximum absolute atomic E-state index is 5.18. The summed E-state index contributed by atoms with van der Waals surface area (Å²) in [6.07, 6.45) is 9.47. The fourth-order valence-corrected chi connectivity index (χ4v) is 1.71. The third-order valence-corrected chi connectivity index (χ3v) is 2.41. The Morgan fingerprint density at radius 1 is 1.07 bits per heavy atom. The molecular weight excluding hydrogens is 174 g/mol. The van der Waals surface area contributed by atoms with Crippen LogP contribution >= 0.6 is 0 Å². The monoisotopic (exact) mass is 183 g/mol. The van der Waals surface area contributed by atoms with Crippen molar-refractivity contribution in [1.29, 1.82) is 0 Å². The van der Waals surface area contributed by atoms with E-state index in [1.165, 1.54) is 11.1 Å². The van der Waals surface area contributed by atoms with Crippen LogP contribution in [-0.2, 0) is 4.74 Å². The van der Waals surface area contributed by atoms with E-state index in [2.05, 4.69) is 18.2 Å². The predicted molar refractivity (Wildman–Crippen MR) is 55.5 cm³/mol. The predicted octanol–water partition coefficient (Wildman–Crippen LogP) is 2.77. The molecule has 0 N–H and O–H groups in total. The number of hydrogen-bond donors (Lipinski definition) is 0. The third-order valence-electron chi connectivity index (χ3n) is 2.41. The highest BCUT2D eigenvalue weighted by Gasteiger charge is 2.16. The van der Waals surface area contributed by atoms with Crippen LogP contribution in [0.4, 0.5) is 0 Å². The van der Waals surface area contributed by atoms with Crippen LogP contribution in [0, 0.1) is 0 Å². The van der Waals surface area contributed by atoms with Crippen molar-refractivity contribution in [2.75, 3.05) is 0 Å². The molecule has 0 radical (unpaired) electrons. The molecule has 0 spiro atoms. The van der Waals surface area contributed by atoms with Gasteiger partial charge in [-0.2, -0.15) is 0 Å². The lowest BCUT2D eigenvalue weighted by Gasteiger charge is -2.26. The Morgan fingerprint density at radius 2 is 2.00 bits per heavy atom. The normalized spacial score (nSPS) is 16.9. The Labute approximate surface area is 82.4 Å². The number of benzene rings is 1. The minimum absolute atomic E-state index is 1.09. The molecule has 1 aromatic carbocycles. The maximum atomic E-state index is 5.18. The molecule has 2 heterocycles. The summed E-state index contributed by atoms with van der Waals surface area (Å²) >= 11 is 0. The van der Waals surface area contributed by atoms with Gasteiger partial charge in [-0.25, -0.2) is 0 Å². The Kier molecular flexibility index (Phi) is 1.47. The van der Waals surface area contributed by atoms with Crippen molar-refractivity contribution in [1.82, 2.24) is 4.90 Å². The van der Waals surface area contributed by atoms with Gasteiger partial charge in [0.1, 0.15) is 12.5 Å². The molecule has 2 aliphatic heterocycles. The summed E-state index contributed by atoms with van der Waals surface area (Å²) in [6.45, 7) is 0. The summed E-state index contributed by atoms with van der Waals surface area (Å²) in [4.78, 5) is 2.05. The summed E-state index contributed by atoms with van der Waals surface area (Å²) in [7, 11) is 0. The average molecular weight is 183 g/mol. The van der Waals surface area contributed by atoms with E-state index in [-0.39, 0.29) is 0 Å². The number of hydrogen-bond acceptors (Lipinski definition) is 2. The van der Waals surface area contributed by atoms with E-state index < -0.39 is 0 Å². The molecule has 0 unspecified atom stereocenters. The van der Waals surface area contributed by atoms with Crippen LogP contribution in [0.5, 0.6) is 0 Å². The van der Waals surface area contributed by atoms with Crippen molar-refractivity contribution in [2.45, 2.75) is 0 Å². The first-order chi connectivity index (χ1) is 6.95. The van der Waals surface area contributed by atoms with Gasteiger partial charge in [0.25, 0.3) is 0 Å². The quantitative estimate of drug-likeness (QED) is 0.613. The molecule has 0 amide bonds. The first-order valence-corrected chi connectivity index (χ1v) is 4.53. The van der Waals surface area contributed by atoms with Gasteiger partial charge in [-0.3, -0.25) is 0 Å². The molecule has 68 valence electrons. The van der Waals surface area contributed by atoms with Crippen LogP contribution in [-0.4, -0.2) is 4.90 Å². The van der Waals surface area contributed by atoms with Crippen molar-refractivity contribution in [3.05, 3.63) is 60.3 Å². The number of ether oxygens (including phenoxy) is 1. The number of fused-ring (bicyclic) bond motifs is 3. The molecule has 2 nitrogen and oxygen atoms in total. The lowest BCUT2D eigenvalue weighted by Crippen LogP contribution is -2.14. The van der Waals surface area contributed by atoms with Gasteiger partial charge in [0.2, 0.25) is 0 Å². The summed E-state index contributed by atoms with van der Waals surface area (Å²) in [6, 6.07) is 8.27. The second-order valence-electron chi connectivity index (χ2n) is 3.23. The zero-order valence-electron chi connectivity index (χ0n) is 7.55. The van der Waals surface area contributed by atoms with Crippen LogP contribution in [0.3, 0.4) is 0 Å². The zero-order chi connectivity index (χ0) is 9.38. The highest BCUT2D eigenvalue weighted by molar-refractivity contribution is 5.78. The molecule has 0 atom stereocenters. The minimum atomic E-state index is 1.09. The van der Waals surface area contributed by atoms with Crippen LogP contribution in [0.15, 0.2) is 49.2 Å². The maximum Gasteiger partial charge on any atom is 0.115 e. The molecule has 14 heavy (non-hydrogen) atoms. The van der Waals surface area contributed by atoms with E-state index in [0.717, 1.165) is 5.70 Å². The summed E-state index contributed by atoms with van der Waals surface area (Å²) < 4.78 is 5.18. The van der Waals surface area contributed by atoms with E-state index in [1.54, 1.807) is 12.5 Å². The number of rotatable bonds is 0. The van der Waals surface area contributed by atoms with Gasteiger partial charge in [-0.15, -0.1) is 0 Å². The lowest BCUT2D eigenvalue weighted by atomic mass is 10.0. The highest BCUT2D eigenvalue weighted by atomic mass is 16.5. The molecule has 0 aliphatic carbocycles. The highest BCUT2D eigenvalue weighted by Crippen LogP contribution is 2.30. The molecule has 0 saturated heterocycles. The molecule has 1 aromatic rings. The average Bonchev–Trinajstić information content (AvgIpc) is 2.29.